The van der Waals surface area contributed by atoms with Crippen LogP contribution < -0.4 is 10.1 Å². The molecule has 1 atom stereocenters. The Kier molecular flexibility index (Phi) is 6.47. The minimum atomic E-state index is -4.91. The fraction of sp³-hybridized carbons (Fsp3) is 0.333. The van der Waals surface area contributed by atoms with Gasteiger partial charge < -0.3 is 10.1 Å². The summed E-state index contributed by atoms with van der Waals surface area (Å²) in [6.07, 6.45) is -0.814. The number of carbonyl (C=O) groups is 1. The molecule has 196 valence electrons. The second kappa shape index (κ2) is 9.05. The molecule has 0 bridgehead atoms. The van der Waals surface area contributed by atoms with E-state index in [2.05, 4.69) is 20.5 Å². The zero-order chi connectivity index (χ0) is 27.3. The van der Waals surface area contributed by atoms with Crippen LogP contribution in [0.15, 0.2) is 35.4 Å². The first kappa shape index (κ1) is 26.5. The highest BCUT2D eigenvalue weighted by Crippen LogP contribution is 2.49. The number of alkyl halides is 3. The fourth-order valence-electron chi connectivity index (χ4n) is 3.76. The second-order valence-electron chi connectivity index (χ2n) is 9.26. The van der Waals surface area contributed by atoms with E-state index in [0.29, 0.717) is 5.56 Å². The molecule has 1 aliphatic carbocycles. The van der Waals surface area contributed by atoms with E-state index < -0.39 is 50.3 Å². The van der Waals surface area contributed by atoms with Crippen molar-refractivity contribution >= 4 is 21.3 Å². The third-order valence-corrected chi connectivity index (χ3v) is 7.42. The van der Waals surface area contributed by atoms with Crippen LogP contribution in [0.4, 0.5) is 23.2 Å². The molecule has 8 nitrogen and oxygen atoms in total. The second-order valence-corrected chi connectivity index (χ2v) is 11.4. The number of aromatic nitrogens is 3. The SMILES string of the molecule is Cc1c(Oc2nnc(C(F)(F)F)c(C)c2C(=O)Nc2cccc(S(C)(=N)=O)c2)ncc(C2(C)CC2)c1F. The minimum Gasteiger partial charge on any atom is -0.418 e. The average Bonchev–Trinajstić information content (AvgIpc) is 3.53. The number of nitrogens with zero attached hydrogens (tertiary/aromatic N) is 3. The molecule has 0 saturated heterocycles. The molecular formula is C24H23F4N5O3S. The Morgan fingerprint density at radius 2 is 1.84 bits per heavy atom. The van der Waals surface area contributed by atoms with Gasteiger partial charge in [-0.2, -0.15) is 13.2 Å². The van der Waals surface area contributed by atoms with Crippen LogP contribution in [0, 0.1) is 24.4 Å². The summed E-state index contributed by atoms with van der Waals surface area (Å²) < 4.78 is 81.1. The smallest absolute Gasteiger partial charge is 0.418 e. The average molecular weight is 538 g/mol. The molecular weight excluding hydrogens is 514 g/mol. The minimum absolute atomic E-state index is 0.0113. The lowest BCUT2D eigenvalue weighted by Crippen LogP contribution is -2.21. The van der Waals surface area contributed by atoms with E-state index in [9.17, 15) is 22.2 Å². The summed E-state index contributed by atoms with van der Waals surface area (Å²) in [5, 5.41) is 9.10. The Balaban J connectivity index is 1.76. The predicted octanol–water partition coefficient (Wildman–Crippen LogP) is 5.78. The number of amides is 1. The number of rotatable bonds is 6. The van der Waals surface area contributed by atoms with E-state index in [1.54, 1.807) is 0 Å². The molecule has 1 fully saturated rings. The zero-order valence-corrected chi connectivity index (χ0v) is 21.1. The first-order valence-corrected chi connectivity index (χ1v) is 13.0. The van der Waals surface area contributed by atoms with Crippen molar-refractivity contribution in [1.82, 2.24) is 15.2 Å². The Bertz CT molecular complexity index is 1520. The number of pyridine rings is 1. The Morgan fingerprint density at radius 1 is 1.16 bits per heavy atom. The summed E-state index contributed by atoms with van der Waals surface area (Å²) in [6.45, 7) is 4.34. The molecule has 2 N–H and O–H groups in total. The van der Waals surface area contributed by atoms with Gasteiger partial charge in [0.2, 0.25) is 5.88 Å². The number of benzene rings is 1. The lowest BCUT2D eigenvalue weighted by atomic mass is 9.98. The number of hydrogen-bond acceptors (Lipinski definition) is 7. The van der Waals surface area contributed by atoms with E-state index in [-0.39, 0.29) is 27.4 Å². The van der Waals surface area contributed by atoms with Crippen molar-refractivity contribution in [2.24, 2.45) is 0 Å². The molecule has 13 heteroatoms. The summed E-state index contributed by atoms with van der Waals surface area (Å²) in [6, 6.07) is 5.56. The molecule has 2 heterocycles. The zero-order valence-electron chi connectivity index (χ0n) is 20.3. The fourth-order valence-corrected chi connectivity index (χ4v) is 4.45. The van der Waals surface area contributed by atoms with Gasteiger partial charge in [0.25, 0.3) is 11.8 Å². The van der Waals surface area contributed by atoms with Crippen molar-refractivity contribution in [2.45, 2.75) is 50.1 Å². The first-order valence-electron chi connectivity index (χ1n) is 11.0. The topological polar surface area (TPSA) is 118 Å². The Morgan fingerprint density at radius 3 is 2.43 bits per heavy atom. The van der Waals surface area contributed by atoms with Gasteiger partial charge in [-0.15, -0.1) is 10.2 Å². The van der Waals surface area contributed by atoms with Crippen LogP contribution in [-0.4, -0.2) is 31.6 Å². The van der Waals surface area contributed by atoms with Crippen molar-refractivity contribution < 1.29 is 31.3 Å². The van der Waals surface area contributed by atoms with Crippen molar-refractivity contribution in [3.63, 3.8) is 0 Å². The molecule has 1 aromatic carbocycles. The summed E-state index contributed by atoms with van der Waals surface area (Å²) in [5.41, 5.74) is -2.37. The van der Waals surface area contributed by atoms with E-state index in [4.69, 9.17) is 9.52 Å². The van der Waals surface area contributed by atoms with Crippen molar-refractivity contribution in [1.29, 1.82) is 4.78 Å². The summed E-state index contributed by atoms with van der Waals surface area (Å²) in [5.74, 6) is -2.45. The molecule has 4 rings (SSSR count). The molecule has 0 aliphatic heterocycles. The van der Waals surface area contributed by atoms with Crippen LogP contribution in [-0.2, 0) is 21.3 Å². The summed E-state index contributed by atoms with van der Waals surface area (Å²) in [7, 11) is -3.12. The lowest BCUT2D eigenvalue weighted by molar-refractivity contribution is -0.142. The van der Waals surface area contributed by atoms with Gasteiger partial charge in [0.1, 0.15) is 11.4 Å². The van der Waals surface area contributed by atoms with Gasteiger partial charge in [-0.05, 0) is 55.9 Å². The van der Waals surface area contributed by atoms with Crippen LogP contribution in [0.5, 0.6) is 11.8 Å². The molecule has 1 unspecified atom stereocenters. The van der Waals surface area contributed by atoms with Crippen LogP contribution >= 0.6 is 0 Å². The van der Waals surface area contributed by atoms with Crippen LogP contribution in [0.2, 0.25) is 0 Å². The van der Waals surface area contributed by atoms with E-state index in [1.165, 1.54) is 43.6 Å². The van der Waals surface area contributed by atoms with Gasteiger partial charge in [-0.1, -0.05) is 13.0 Å². The van der Waals surface area contributed by atoms with Gasteiger partial charge in [0.15, 0.2) is 5.69 Å². The monoisotopic (exact) mass is 537 g/mol. The largest absolute Gasteiger partial charge is 0.435 e. The number of halogens is 4. The maximum atomic E-state index is 15.1. The molecule has 1 saturated carbocycles. The van der Waals surface area contributed by atoms with Gasteiger partial charge >= 0.3 is 6.18 Å². The normalized spacial score (nSPS) is 16.1. The summed E-state index contributed by atoms with van der Waals surface area (Å²) >= 11 is 0. The van der Waals surface area contributed by atoms with Crippen molar-refractivity contribution in [3.8, 4) is 11.8 Å². The van der Waals surface area contributed by atoms with Gasteiger partial charge in [0, 0.05) is 34.2 Å². The van der Waals surface area contributed by atoms with E-state index >= 15 is 4.39 Å². The highest BCUT2D eigenvalue weighted by atomic mass is 32.2. The van der Waals surface area contributed by atoms with Crippen molar-refractivity contribution in [3.05, 3.63) is 64.2 Å². The van der Waals surface area contributed by atoms with Gasteiger partial charge in [-0.25, -0.2) is 18.4 Å². The van der Waals surface area contributed by atoms with E-state index in [0.717, 1.165) is 19.8 Å². The quantitative estimate of drug-likeness (QED) is 0.385. The molecule has 1 amide bonds. The Labute approximate surface area is 210 Å². The predicted molar refractivity (Wildman–Crippen MR) is 127 cm³/mol. The third-order valence-electron chi connectivity index (χ3n) is 6.26. The maximum Gasteiger partial charge on any atom is 0.435 e. The number of ether oxygens (including phenoxy) is 1. The highest BCUT2D eigenvalue weighted by Gasteiger charge is 2.42. The highest BCUT2D eigenvalue weighted by molar-refractivity contribution is 7.91. The van der Waals surface area contributed by atoms with Gasteiger partial charge in [-0.3, -0.25) is 4.79 Å². The van der Waals surface area contributed by atoms with Crippen LogP contribution in [0.3, 0.4) is 0 Å². The number of anilines is 1. The standard InChI is InChI=1S/C24H23F4N5O3S/c1-12-17(20(34)31-14-6-5-7-15(10-14)37(4,29)35)22(33-32-19(12)24(26,27)28)36-21-13(2)18(25)16(11-30-21)23(3)8-9-23/h5-7,10-11,29H,8-9H2,1-4H3,(H,31,34). The van der Waals surface area contributed by atoms with Gasteiger partial charge in [0.05, 0.1) is 9.73 Å². The lowest BCUT2D eigenvalue weighted by Gasteiger charge is -2.17. The number of nitrogens with one attached hydrogen (secondary N) is 2. The summed E-state index contributed by atoms with van der Waals surface area (Å²) in [4.78, 5) is 17.4. The first-order chi connectivity index (χ1) is 17.1. The van der Waals surface area contributed by atoms with Crippen LogP contribution in [0.1, 0.15) is 52.5 Å². The maximum absolute atomic E-state index is 15.1. The molecule has 1 aliphatic rings. The number of carbonyl (C=O) groups excluding carboxylic acids is 1. The van der Waals surface area contributed by atoms with Crippen LogP contribution in [0.25, 0.3) is 0 Å². The molecule has 0 radical (unpaired) electrons. The van der Waals surface area contributed by atoms with Crippen molar-refractivity contribution in [2.75, 3.05) is 11.6 Å². The Hall–Kier alpha value is -3.61. The molecule has 3 aromatic rings. The third kappa shape index (κ3) is 5.26. The van der Waals surface area contributed by atoms with E-state index in [1.807, 2.05) is 6.92 Å². The number of hydrogen-bond donors (Lipinski definition) is 2. The molecule has 37 heavy (non-hydrogen) atoms. The molecule has 0 spiro atoms. The molecule has 2 aromatic heterocycles.